The van der Waals surface area contributed by atoms with E-state index in [4.69, 9.17) is 4.74 Å². The van der Waals surface area contributed by atoms with Gasteiger partial charge in [-0.05, 0) is 53.1 Å². The lowest BCUT2D eigenvalue weighted by Crippen LogP contribution is -2.35. The van der Waals surface area contributed by atoms with Crippen LogP contribution in [-0.2, 0) is 4.74 Å². The molecule has 0 aromatic heterocycles. The first kappa shape index (κ1) is 15.6. The number of likely N-dealkylation sites (tertiary alicyclic amines) is 1. The molecule has 2 aliphatic rings. The average molecular weight is 282 g/mol. The lowest BCUT2D eigenvalue weighted by molar-refractivity contribution is 0.0384. The molecule has 20 heavy (non-hydrogen) atoms. The number of hydrogen-bond donors (Lipinski definition) is 0. The highest BCUT2D eigenvalue weighted by molar-refractivity contribution is 5.72. The maximum absolute atomic E-state index is 12.2. The minimum absolute atomic E-state index is 0.127. The van der Waals surface area contributed by atoms with Gasteiger partial charge in [0.05, 0.1) is 12.1 Å². The Morgan fingerprint density at radius 1 is 1.15 bits per heavy atom. The summed E-state index contributed by atoms with van der Waals surface area (Å²) in [5.41, 5.74) is -0.397. The van der Waals surface area contributed by atoms with Crippen LogP contribution < -0.4 is 0 Å². The third-order valence-corrected chi connectivity index (χ3v) is 4.15. The van der Waals surface area contributed by atoms with E-state index in [0.717, 1.165) is 19.4 Å². The number of hydrogen-bond acceptors (Lipinski definition) is 3. The van der Waals surface area contributed by atoms with Crippen LogP contribution in [-0.4, -0.2) is 53.2 Å². The highest BCUT2D eigenvalue weighted by Gasteiger charge is 2.52. The van der Waals surface area contributed by atoms with Crippen molar-refractivity contribution in [3.8, 4) is 0 Å². The molecule has 0 radical (unpaired) electrons. The number of carbonyl (C=O) groups is 1. The van der Waals surface area contributed by atoms with Crippen molar-refractivity contribution in [2.75, 3.05) is 19.6 Å². The van der Waals surface area contributed by atoms with Gasteiger partial charge in [-0.2, -0.15) is 0 Å². The van der Waals surface area contributed by atoms with E-state index in [9.17, 15) is 4.79 Å². The highest BCUT2D eigenvalue weighted by atomic mass is 16.6. The SMILES string of the molecule is CCC[C@@H]1[C@@H](CN2CCCCC2)N1C(=O)OC(C)(C)C. The molecule has 2 saturated heterocycles. The van der Waals surface area contributed by atoms with Crippen LogP contribution in [0, 0.1) is 0 Å². The van der Waals surface area contributed by atoms with E-state index >= 15 is 0 Å². The summed E-state index contributed by atoms with van der Waals surface area (Å²) in [4.78, 5) is 16.7. The zero-order chi connectivity index (χ0) is 14.8. The van der Waals surface area contributed by atoms with Crippen LogP contribution in [0.25, 0.3) is 0 Å². The van der Waals surface area contributed by atoms with Crippen LogP contribution >= 0.6 is 0 Å². The predicted molar refractivity (Wildman–Crippen MR) is 80.8 cm³/mol. The molecule has 2 fully saturated rings. The lowest BCUT2D eigenvalue weighted by Gasteiger charge is -2.26. The molecular weight excluding hydrogens is 252 g/mol. The van der Waals surface area contributed by atoms with Crippen LogP contribution in [0.3, 0.4) is 0 Å². The second kappa shape index (κ2) is 6.33. The summed E-state index contributed by atoms with van der Waals surface area (Å²) in [5.74, 6) is 0. The zero-order valence-electron chi connectivity index (χ0n) is 13.5. The molecule has 0 bridgehead atoms. The number of rotatable bonds is 4. The highest BCUT2D eigenvalue weighted by Crippen LogP contribution is 2.35. The minimum Gasteiger partial charge on any atom is -0.444 e. The quantitative estimate of drug-likeness (QED) is 0.742. The molecular formula is C16H30N2O2. The Morgan fingerprint density at radius 2 is 1.80 bits per heavy atom. The molecule has 2 heterocycles. The second-order valence-electron chi connectivity index (χ2n) is 7.17. The van der Waals surface area contributed by atoms with Gasteiger partial charge in [-0.15, -0.1) is 0 Å². The van der Waals surface area contributed by atoms with Crippen molar-refractivity contribution >= 4 is 6.09 Å². The van der Waals surface area contributed by atoms with E-state index in [1.54, 1.807) is 0 Å². The van der Waals surface area contributed by atoms with Crippen molar-refractivity contribution in [1.82, 2.24) is 9.80 Å². The summed E-state index contributed by atoms with van der Waals surface area (Å²) < 4.78 is 5.53. The molecule has 116 valence electrons. The fraction of sp³-hybridized carbons (Fsp3) is 0.938. The van der Waals surface area contributed by atoms with Gasteiger partial charge in [0.15, 0.2) is 0 Å². The molecule has 0 saturated carbocycles. The van der Waals surface area contributed by atoms with Gasteiger partial charge in [0, 0.05) is 6.54 Å². The number of nitrogens with zero attached hydrogens (tertiary/aromatic N) is 2. The van der Waals surface area contributed by atoms with Crippen molar-refractivity contribution in [1.29, 1.82) is 0 Å². The molecule has 2 aliphatic heterocycles. The fourth-order valence-electron chi connectivity index (χ4n) is 3.16. The van der Waals surface area contributed by atoms with Crippen LogP contribution in [0.5, 0.6) is 0 Å². The van der Waals surface area contributed by atoms with Gasteiger partial charge in [0.25, 0.3) is 0 Å². The van der Waals surface area contributed by atoms with Crippen molar-refractivity contribution in [3.63, 3.8) is 0 Å². The van der Waals surface area contributed by atoms with E-state index in [1.807, 2.05) is 25.7 Å². The number of amides is 1. The number of ether oxygens (including phenoxy) is 1. The van der Waals surface area contributed by atoms with Crippen LogP contribution in [0.2, 0.25) is 0 Å². The van der Waals surface area contributed by atoms with E-state index in [-0.39, 0.29) is 6.09 Å². The Morgan fingerprint density at radius 3 is 2.35 bits per heavy atom. The van der Waals surface area contributed by atoms with Crippen molar-refractivity contribution < 1.29 is 9.53 Å². The second-order valence-corrected chi connectivity index (χ2v) is 7.17. The van der Waals surface area contributed by atoms with Gasteiger partial charge < -0.3 is 9.64 Å². The van der Waals surface area contributed by atoms with E-state index in [0.29, 0.717) is 12.1 Å². The number of piperidine rings is 1. The van der Waals surface area contributed by atoms with E-state index in [2.05, 4.69) is 11.8 Å². The summed E-state index contributed by atoms with van der Waals surface area (Å²) in [6, 6.07) is 0.777. The zero-order valence-corrected chi connectivity index (χ0v) is 13.5. The van der Waals surface area contributed by atoms with Crippen molar-refractivity contribution in [3.05, 3.63) is 0 Å². The summed E-state index contributed by atoms with van der Waals surface area (Å²) in [6.07, 6.45) is 6.06. The summed E-state index contributed by atoms with van der Waals surface area (Å²) in [7, 11) is 0. The van der Waals surface area contributed by atoms with Crippen molar-refractivity contribution in [2.45, 2.75) is 77.5 Å². The van der Waals surface area contributed by atoms with Crippen molar-refractivity contribution in [2.24, 2.45) is 0 Å². The monoisotopic (exact) mass is 282 g/mol. The molecule has 4 heteroatoms. The maximum Gasteiger partial charge on any atom is 0.410 e. The van der Waals surface area contributed by atoms with Gasteiger partial charge in [0.1, 0.15) is 5.60 Å². The topological polar surface area (TPSA) is 32.5 Å². The Kier molecular flexibility index (Phi) is 4.95. The number of carbonyl (C=O) groups excluding carboxylic acids is 1. The smallest absolute Gasteiger partial charge is 0.410 e. The first-order valence-electron chi connectivity index (χ1n) is 8.16. The summed E-state index contributed by atoms with van der Waals surface area (Å²) in [5, 5.41) is 0. The minimum atomic E-state index is -0.397. The Bertz CT molecular complexity index is 332. The first-order valence-corrected chi connectivity index (χ1v) is 8.16. The molecule has 1 amide bonds. The van der Waals surface area contributed by atoms with E-state index in [1.165, 1.54) is 32.4 Å². The molecule has 0 aliphatic carbocycles. The van der Waals surface area contributed by atoms with Crippen LogP contribution in [0.4, 0.5) is 4.79 Å². The Hall–Kier alpha value is -0.770. The van der Waals surface area contributed by atoms with Crippen LogP contribution in [0.1, 0.15) is 59.8 Å². The molecule has 2 atom stereocenters. The standard InChI is InChI=1S/C16H30N2O2/c1-5-9-13-14(12-17-10-7-6-8-11-17)18(13)15(19)20-16(2,3)4/h13-14H,5-12H2,1-4H3/t13-,14-,18?/m1/s1. The first-order chi connectivity index (χ1) is 9.42. The molecule has 4 nitrogen and oxygen atoms in total. The van der Waals surface area contributed by atoms with Gasteiger partial charge in [-0.1, -0.05) is 19.8 Å². The summed E-state index contributed by atoms with van der Waals surface area (Å²) >= 11 is 0. The normalized spacial score (nSPS) is 27.5. The van der Waals surface area contributed by atoms with Gasteiger partial charge in [-0.25, -0.2) is 4.79 Å². The molecule has 0 aromatic rings. The Labute approximate surface area is 123 Å². The summed E-state index contributed by atoms with van der Waals surface area (Å²) in [6.45, 7) is 11.4. The molecule has 0 aromatic carbocycles. The van der Waals surface area contributed by atoms with Crippen LogP contribution in [0.15, 0.2) is 0 Å². The maximum atomic E-state index is 12.2. The van der Waals surface area contributed by atoms with E-state index < -0.39 is 5.60 Å². The van der Waals surface area contributed by atoms with Gasteiger partial charge >= 0.3 is 6.09 Å². The molecule has 0 N–H and O–H groups in total. The molecule has 0 spiro atoms. The largest absolute Gasteiger partial charge is 0.444 e. The fourth-order valence-corrected chi connectivity index (χ4v) is 3.16. The third kappa shape index (κ3) is 4.11. The van der Waals surface area contributed by atoms with Gasteiger partial charge in [-0.3, -0.25) is 4.90 Å². The third-order valence-electron chi connectivity index (χ3n) is 4.15. The lowest BCUT2D eigenvalue weighted by atomic mass is 10.1. The Balaban J connectivity index is 1.88. The predicted octanol–water partition coefficient (Wildman–Crippen LogP) is 3.26. The van der Waals surface area contributed by atoms with Gasteiger partial charge in [0.2, 0.25) is 0 Å². The molecule has 0 unspecified atom stereocenters. The average Bonchev–Trinajstić information content (AvgIpc) is 3.02. The molecule has 2 rings (SSSR count).